The molecule has 3 N–H and O–H groups in total. The molecule has 0 amide bonds. The van der Waals surface area contributed by atoms with Crippen LogP contribution in [0.5, 0.6) is 0 Å². The smallest absolute Gasteiger partial charge is 0.312 e. The lowest BCUT2D eigenvalue weighted by Gasteiger charge is -2.29. The molecule has 4 atom stereocenters. The topological polar surface area (TPSA) is 87.0 Å². The number of carbonyl (C=O) groups excluding carboxylic acids is 1. The molecule has 2 rings (SSSR count). The second kappa shape index (κ2) is 3.30. The third kappa shape index (κ3) is 1.17. The summed E-state index contributed by atoms with van der Waals surface area (Å²) in [7, 11) is 0. The van der Waals surface area contributed by atoms with E-state index in [0.29, 0.717) is 5.57 Å². The Hall–Kier alpha value is -0.910. The first-order valence-corrected chi connectivity index (χ1v) is 4.88. The lowest BCUT2D eigenvalue weighted by molar-refractivity contribution is -0.151. The maximum absolute atomic E-state index is 11.4. The van der Waals surface area contributed by atoms with E-state index in [-0.39, 0.29) is 13.2 Å². The first kappa shape index (κ1) is 10.6. The Bertz CT molecular complexity index is 324. The Morgan fingerprint density at radius 1 is 1.53 bits per heavy atom. The minimum Gasteiger partial charge on any atom is -0.451 e. The summed E-state index contributed by atoms with van der Waals surface area (Å²) in [5, 5.41) is 28.2. The van der Waals surface area contributed by atoms with Crippen molar-refractivity contribution in [3.63, 3.8) is 0 Å². The van der Waals surface area contributed by atoms with Gasteiger partial charge in [0, 0.05) is 0 Å². The molecule has 2 aliphatic rings. The third-order valence-corrected chi connectivity index (χ3v) is 3.45. The second-order valence-electron chi connectivity index (χ2n) is 4.12. The molecule has 15 heavy (non-hydrogen) atoms. The van der Waals surface area contributed by atoms with Crippen molar-refractivity contribution in [1.29, 1.82) is 0 Å². The lowest BCUT2D eigenvalue weighted by Crippen LogP contribution is -2.42. The maximum atomic E-state index is 11.4. The molecule has 0 aromatic heterocycles. The van der Waals surface area contributed by atoms with E-state index in [4.69, 9.17) is 9.84 Å². The summed E-state index contributed by atoms with van der Waals surface area (Å²) in [6.45, 7) is 0.967. The van der Waals surface area contributed by atoms with E-state index < -0.39 is 29.5 Å². The first-order valence-electron chi connectivity index (χ1n) is 4.88. The van der Waals surface area contributed by atoms with Gasteiger partial charge in [0.2, 0.25) is 0 Å². The van der Waals surface area contributed by atoms with Gasteiger partial charge in [-0.2, -0.15) is 0 Å². The highest BCUT2D eigenvalue weighted by Crippen LogP contribution is 2.48. The summed E-state index contributed by atoms with van der Waals surface area (Å²) in [6.07, 6.45) is 0.719. The van der Waals surface area contributed by atoms with E-state index in [9.17, 15) is 15.0 Å². The molecule has 0 saturated carbocycles. The molecule has 0 unspecified atom stereocenters. The van der Waals surface area contributed by atoms with Crippen LogP contribution in [0.25, 0.3) is 0 Å². The van der Waals surface area contributed by atoms with E-state index in [1.807, 2.05) is 0 Å². The van der Waals surface area contributed by atoms with E-state index in [1.165, 1.54) is 0 Å². The highest BCUT2D eigenvalue weighted by atomic mass is 16.6. The second-order valence-corrected chi connectivity index (χ2v) is 4.12. The largest absolute Gasteiger partial charge is 0.451 e. The van der Waals surface area contributed by atoms with Gasteiger partial charge in [-0.05, 0) is 12.5 Å². The third-order valence-electron chi connectivity index (χ3n) is 3.45. The monoisotopic (exact) mass is 214 g/mol. The molecule has 0 radical (unpaired) electrons. The van der Waals surface area contributed by atoms with Gasteiger partial charge in [0.1, 0.15) is 0 Å². The van der Waals surface area contributed by atoms with Crippen molar-refractivity contribution in [2.75, 3.05) is 13.2 Å². The Morgan fingerprint density at radius 2 is 2.20 bits per heavy atom. The van der Waals surface area contributed by atoms with Gasteiger partial charge in [0.15, 0.2) is 5.60 Å². The molecular formula is C10H14O5. The average molecular weight is 214 g/mol. The van der Waals surface area contributed by atoms with Gasteiger partial charge in [0.05, 0.1) is 31.2 Å². The van der Waals surface area contributed by atoms with Crippen LogP contribution in [0.4, 0.5) is 0 Å². The highest BCUT2D eigenvalue weighted by molar-refractivity contribution is 5.78. The van der Waals surface area contributed by atoms with Crippen LogP contribution in [0.2, 0.25) is 0 Å². The van der Waals surface area contributed by atoms with Crippen molar-refractivity contribution in [2.45, 2.75) is 18.6 Å². The number of fused-ring (bicyclic) bond motifs is 1. The van der Waals surface area contributed by atoms with Gasteiger partial charge in [-0.3, -0.25) is 4.79 Å². The van der Waals surface area contributed by atoms with Crippen LogP contribution in [-0.2, 0) is 9.53 Å². The summed E-state index contributed by atoms with van der Waals surface area (Å²) in [5.41, 5.74) is -0.476. The molecule has 0 aromatic rings. The van der Waals surface area contributed by atoms with Gasteiger partial charge in [-0.15, -0.1) is 0 Å². The highest BCUT2D eigenvalue weighted by Gasteiger charge is 2.61. The van der Waals surface area contributed by atoms with Crippen LogP contribution in [0.1, 0.15) is 6.92 Å². The molecule has 5 heteroatoms. The van der Waals surface area contributed by atoms with Crippen LogP contribution in [-0.4, -0.2) is 46.2 Å². The Kier molecular flexibility index (Phi) is 2.33. The zero-order valence-corrected chi connectivity index (χ0v) is 8.38. The van der Waals surface area contributed by atoms with Crippen LogP contribution >= 0.6 is 0 Å². The molecule has 0 aromatic carbocycles. The fourth-order valence-corrected chi connectivity index (χ4v) is 2.60. The van der Waals surface area contributed by atoms with Gasteiger partial charge in [0.25, 0.3) is 0 Å². The molecule has 1 fully saturated rings. The van der Waals surface area contributed by atoms with E-state index in [1.54, 1.807) is 13.0 Å². The van der Waals surface area contributed by atoms with Crippen molar-refractivity contribution in [3.05, 3.63) is 11.6 Å². The predicted molar refractivity (Wildman–Crippen MR) is 49.7 cm³/mol. The standard InChI is InChI=1S/C10H14O5/c1-5-2-7(13)8-6(3-11)9(14)15-10(5,8)4-12/h2,6-8,11-13H,3-4H2,1H3/t6-,7-,8+,10-/m1/s1. The number of ether oxygens (including phenoxy) is 1. The van der Waals surface area contributed by atoms with E-state index >= 15 is 0 Å². The summed E-state index contributed by atoms with van der Waals surface area (Å²) in [5.74, 6) is -1.87. The number of rotatable bonds is 2. The number of aliphatic hydroxyl groups is 3. The minimum absolute atomic E-state index is 0.362. The zero-order chi connectivity index (χ0) is 11.2. The maximum Gasteiger partial charge on any atom is 0.312 e. The summed E-state index contributed by atoms with van der Waals surface area (Å²) < 4.78 is 5.13. The van der Waals surface area contributed by atoms with Crippen molar-refractivity contribution in [1.82, 2.24) is 0 Å². The van der Waals surface area contributed by atoms with E-state index in [2.05, 4.69) is 0 Å². The van der Waals surface area contributed by atoms with Crippen molar-refractivity contribution in [3.8, 4) is 0 Å². The van der Waals surface area contributed by atoms with Crippen LogP contribution in [0.3, 0.4) is 0 Å². The fraction of sp³-hybridized carbons (Fsp3) is 0.700. The Morgan fingerprint density at radius 3 is 2.73 bits per heavy atom. The zero-order valence-electron chi connectivity index (χ0n) is 8.38. The number of esters is 1. The van der Waals surface area contributed by atoms with E-state index in [0.717, 1.165) is 0 Å². The van der Waals surface area contributed by atoms with Crippen molar-refractivity contribution >= 4 is 5.97 Å². The average Bonchev–Trinajstić information content (AvgIpc) is 2.62. The Balaban J connectivity index is 2.42. The number of hydrogen-bond donors (Lipinski definition) is 3. The minimum atomic E-state index is -1.12. The Labute approximate surface area is 87.0 Å². The van der Waals surface area contributed by atoms with Gasteiger partial charge >= 0.3 is 5.97 Å². The quantitative estimate of drug-likeness (QED) is 0.398. The first-order chi connectivity index (χ1) is 7.06. The molecule has 1 aliphatic heterocycles. The molecular weight excluding hydrogens is 200 g/mol. The molecule has 0 spiro atoms. The summed E-state index contributed by atoms with van der Waals surface area (Å²) >= 11 is 0. The van der Waals surface area contributed by atoms with Crippen molar-refractivity contribution < 1.29 is 24.9 Å². The van der Waals surface area contributed by atoms with Gasteiger partial charge < -0.3 is 20.1 Å². The van der Waals surface area contributed by atoms with Crippen LogP contribution in [0.15, 0.2) is 11.6 Å². The SMILES string of the molecule is CC1=C[C@@H](O)[C@@H]2[C@@H](CO)C(=O)O[C@]12CO. The van der Waals surface area contributed by atoms with Gasteiger partial charge in [-0.1, -0.05) is 6.08 Å². The molecule has 0 bridgehead atoms. The summed E-state index contributed by atoms with van der Waals surface area (Å²) in [6, 6.07) is 0. The van der Waals surface area contributed by atoms with Crippen molar-refractivity contribution in [2.24, 2.45) is 11.8 Å². The summed E-state index contributed by atoms with van der Waals surface area (Å²) in [4.78, 5) is 11.4. The molecule has 1 heterocycles. The number of carbonyl (C=O) groups is 1. The molecule has 5 nitrogen and oxygen atoms in total. The molecule has 1 aliphatic carbocycles. The van der Waals surface area contributed by atoms with Crippen LogP contribution in [0, 0.1) is 11.8 Å². The number of hydrogen-bond acceptors (Lipinski definition) is 5. The van der Waals surface area contributed by atoms with Gasteiger partial charge in [-0.25, -0.2) is 0 Å². The van der Waals surface area contributed by atoms with Crippen LogP contribution < -0.4 is 0 Å². The number of aliphatic hydroxyl groups excluding tert-OH is 3. The molecule has 1 saturated heterocycles. The molecule has 84 valence electrons. The lowest BCUT2D eigenvalue weighted by atomic mass is 9.80. The normalized spacial score (nSPS) is 43.9. The fourth-order valence-electron chi connectivity index (χ4n) is 2.60. The predicted octanol–water partition coefficient (Wildman–Crippen LogP) is -1.18.